The monoisotopic (exact) mass is 221 g/mol. The van der Waals surface area contributed by atoms with Crippen LogP contribution in [0.15, 0.2) is 12.5 Å². The fraction of sp³-hybridized carbons (Fsp3) is 0.769. The van der Waals surface area contributed by atoms with E-state index in [-0.39, 0.29) is 0 Å². The van der Waals surface area contributed by atoms with Crippen LogP contribution in [0.5, 0.6) is 0 Å². The maximum atomic E-state index is 4.29. The third kappa shape index (κ3) is 2.85. The van der Waals surface area contributed by atoms with Gasteiger partial charge >= 0.3 is 0 Å². The van der Waals surface area contributed by atoms with Crippen molar-refractivity contribution >= 4 is 0 Å². The van der Waals surface area contributed by atoms with Crippen molar-refractivity contribution in [2.24, 2.45) is 0 Å². The summed E-state index contributed by atoms with van der Waals surface area (Å²) in [6.07, 6.45) is 13.7. The Morgan fingerprint density at radius 2 is 1.94 bits per heavy atom. The van der Waals surface area contributed by atoms with Crippen molar-refractivity contribution in [1.29, 1.82) is 0 Å². The average molecular weight is 221 g/mol. The molecule has 90 valence electrons. The quantitative estimate of drug-likeness (QED) is 0.850. The van der Waals surface area contributed by atoms with Crippen LogP contribution in [0.3, 0.4) is 0 Å². The summed E-state index contributed by atoms with van der Waals surface area (Å²) in [4.78, 5) is 4.29. The van der Waals surface area contributed by atoms with E-state index in [1.54, 1.807) is 0 Å². The van der Waals surface area contributed by atoms with Crippen molar-refractivity contribution < 1.29 is 0 Å². The first-order chi connectivity index (χ1) is 7.92. The van der Waals surface area contributed by atoms with Gasteiger partial charge in [-0.05, 0) is 19.9 Å². The summed E-state index contributed by atoms with van der Waals surface area (Å²) in [6, 6.07) is 0.686. The van der Waals surface area contributed by atoms with E-state index < -0.39 is 0 Å². The van der Waals surface area contributed by atoms with E-state index in [0.29, 0.717) is 6.04 Å². The van der Waals surface area contributed by atoms with E-state index in [4.69, 9.17) is 0 Å². The highest BCUT2D eigenvalue weighted by Gasteiger charge is 2.15. The number of nitrogens with one attached hydrogen (secondary N) is 1. The van der Waals surface area contributed by atoms with Crippen molar-refractivity contribution in [3.05, 3.63) is 18.2 Å². The molecule has 1 N–H and O–H groups in total. The summed E-state index contributed by atoms with van der Waals surface area (Å²) in [5, 5.41) is 3.22. The molecule has 0 saturated heterocycles. The lowest BCUT2D eigenvalue weighted by molar-refractivity contribution is 0.364. The first kappa shape index (κ1) is 11.6. The molecule has 0 aliphatic heterocycles. The van der Waals surface area contributed by atoms with E-state index in [9.17, 15) is 0 Å². The van der Waals surface area contributed by atoms with Crippen LogP contribution in [0.1, 0.15) is 56.7 Å². The Morgan fingerprint density at radius 1 is 1.25 bits per heavy atom. The van der Waals surface area contributed by atoms with Crippen LogP contribution < -0.4 is 5.32 Å². The summed E-state index contributed by atoms with van der Waals surface area (Å²) in [7, 11) is 2.00. The molecule has 1 aliphatic rings. The van der Waals surface area contributed by atoms with Crippen molar-refractivity contribution in [1.82, 2.24) is 14.9 Å². The van der Waals surface area contributed by atoms with E-state index in [0.717, 1.165) is 6.54 Å². The van der Waals surface area contributed by atoms with Crippen LogP contribution in [-0.2, 0) is 6.54 Å². The minimum absolute atomic E-state index is 0.686. The largest absolute Gasteiger partial charge is 0.330 e. The lowest BCUT2D eigenvalue weighted by Crippen LogP contribution is -2.16. The second-order valence-corrected chi connectivity index (χ2v) is 4.82. The molecular weight excluding hydrogens is 198 g/mol. The highest BCUT2D eigenvalue weighted by molar-refractivity contribution is 5.00. The summed E-state index contributed by atoms with van der Waals surface area (Å²) < 4.78 is 2.39. The number of nitrogens with zero attached hydrogens (tertiary/aromatic N) is 2. The van der Waals surface area contributed by atoms with Gasteiger partial charge in [-0.1, -0.05) is 32.1 Å². The highest BCUT2D eigenvalue weighted by Crippen LogP contribution is 2.27. The molecule has 1 fully saturated rings. The van der Waals surface area contributed by atoms with Gasteiger partial charge in [0.05, 0.1) is 12.0 Å². The van der Waals surface area contributed by atoms with Crippen molar-refractivity contribution in [2.45, 2.75) is 57.5 Å². The smallest absolute Gasteiger partial charge is 0.0951 e. The van der Waals surface area contributed by atoms with Gasteiger partial charge in [0.15, 0.2) is 0 Å². The van der Waals surface area contributed by atoms with E-state index in [1.807, 2.05) is 19.6 Å². The zero-order chi connectivity index (χ0) is 11.2. The van der Waals surface area contributed by atoms with Gasteiger partial charge in [-0.25, -0.2) is 4.98 Å². The molecule has 2 rings (SSSR count). The molecular formula is C13H23N3. The SMILES string of the molecule is CNCc1cncn1C1CCCCCCC1. The van der Waals surface area contributed by atoms with Crippen LogP contribution in [0.2, 0.25) is 0 Å². The summed E-state index contributed by atoms with van der Waals surface area (Å²) in [5.41, 5.74) is 1.33. The molecule has 3 heteroatoms. The summed E-state index contributed by atoms with van der Waals surface area (Å²) >= 11 is 0. The van der Waals surface area contributed by atoms with Gasteiger partial charge in [-0.15, -0.1) is 0 Å². The topological polar surface area (TPSA) is 29.9 Å². The molecule has 0 radical (unpaired) electrons. The molecule has 0 spiro atoms. The molecule has 1 aliphatic carbocycles. The summed E-state index contributed by atoms with van der Waals surface area (Å²) in [6.45, 7) is 0.927. The Balaban J connectivity index is 2.04. The summed E-state index contributed by atoms with van der Waals surface area (Å²) in [5.74, 6) is 0. The normalized spacial score (nSPS) is 19.3. The Morgan fingerprint density at radius 3 is 2.62 bits per heavy atom. The molecule has 1 aromatic rings. The lowest BCUT2D eigenvalue weighted by Gasteiger charge is -2.23. The van der Waals surface area contributed by atoms with Crippen LogP contribution in [0.4, 0.5) is 0 Å². The van der Waals surface area contributed by atoms with Crippen LogP contribution in [0.25, 0.3) is 0 Å². The van der Waals surface area contributed by atoms with E-state index in [2.05, 4.69) is 14.9 Å². The van der Waals surface area contributed by atoms with Gasteiger partial charge in [0.25, 0.3) is 0 Å². The number of hydrogen-bond acceptors (Lipinski definition) is 2. The van der Waals surface area contributed by atoms with Crippen molar-refractivity contribution in [3.63, 3.8) is 0 Å². The van der Waals surface area contributed by atoms with Crippen LogP contribution in [-0.4, -0.2) is 16.6 Å². The molecule has 0 atom stereocenters. The average Bonchev–Trinajstić information content (AvgIpc) is 2.66. The van der Waals surface area contributed by atoms with Gasteiger partial charge in [0, 0.05) is 18.8 Å². The molecule has 0 aromatic carbocycles. The molecule has 0 bridgehead atoms. The predicted octanol–water partition coefficient (Wildman–Crippen LogP) is 2.89. The minimum atomic E-state index is 0.686. The van der Waals surface area contributed by atoms with Crippen LogP contribution in [0, 0.1) is 0 Å². The first-order valence-electron chi connectivity index (χ1n) is 6.57. The van der Waals surface area contributed by atoms with Crippen molar-refractivity contribution in [3.8, 4) is 0 Å². The maximum absolute atomic E-state index is 4.29. The van der Waals surface area contributed by atoms with Crippen molar-refractivity contribution in [2.75, 3.05) is 7.05 Å². The number of hydrogen-bond donors (Lipinski definition) is 1. The Bertz CT molecular complexity index is 298. The van der Waals surface area contributed by atoms with Gasteiger partial charge in [0.1, 0.15) is 0 Å². The zero-order valence-corrected chi connectivity index (χ0v) is 10.3. The number of rotatable bonds is 3. The maximum Gasteiger partial charge on any atom is 0.0951 e. The Labute approximate surface area is 98.3 Å². The van der Waals surface area contributed by atoms with Gasteiger partial charge in [-0.3, -0.25) is 0 Å². The van der Waals surface area contributed by atoms with E-state index >= 15 is 0 Å². The molecule has 1 saturated carbocycles. The minimum Gasteiger partial charge on any atom is -0.330 e. The first-order valence-corrected chi connectivity index (χ1v) is 6.57. The highest BCUT2D eigenvalue weighted by atomic mass is 15.1. The van der Waals surface area contributed by atoms with E-state index in [1.165, 1.54) is 50.6 Å². The third-order valence-electron chi connectivity index (χ3n) is 3.57. The predicted molar refractivity (Wildman–Crippen MR) is 66.3 cm³/mol. The van der Waals surface area contributed by atoms with Gasteiger partial charge < -0.3 is 9.88 Å². The zero-order valence-electron chi connectivity index (χ0n) is 10.3. The molecule has 0 amide bonds. The fourth-order valence-corrected chi connectivity index (χ4v) is 2.69. The molecule has 0 unspecified atom stereocenters. The second-order valence-electron chi connectivity index (χ2n) is 4.82. The molecule has 1 aromatic heterocycles. The standard InChI is InChI=1S/C13H23N3/c1-14-9-13-10-15-11-16(13)12-7-5-3-2-4-6-8-12/h10-12,14H,2-9H2,1H3. The molecule has 1 heterocycles. The fourth-order valence-electron chi connectivity index (χ4n) is 2.69. The van der Waals surface area contributed by atoms with Gasteiger partial charge in [0.2, 0.25) is 0 Å². The number of aromatic nitrogens is 2. The molecule has 16 heavy (non-hydrogen) atoms. The lowest BCUT2D eigenvalue weighted by atomic mass is 9.96. The third-order valence-corrected chi connectivity index (χ3v) is 3.57. The Hall–Kier alpha value is -0.830. The molecule has 3 nitrogen and oxygen atoms in total. The van der Waals surface area contributed by atoms with Gasteiger partial charge in [-0.2, -0.15) is 0 Å². The Kier molecular flexibility index (Phi) is 4.40. The number of imidazole rings is 1. The van der Waals surface area contributed by atoms with Crippen LogP contribution >= 0.6 is 0 Å². The second kappa shape index (κ2) is 6.04.